The fourth-order valence-electron chi connectivity index (χ4n) is 3.23. The van der Waals surface area contributed by atoms with Crippen LogP contribution in [0.4, 0.5) is 0 Å². The van der Waals surface area contributed by atoms with Crippen molar-refractivity contribution in [1.29, 1.82) is 0 Å². The first-order chi connectivity index (χ1) is 10.5. The fourth-order valence-corrected chi connectivity index (χ4v) is 3.23. The first-order valence-corrected chi connectivity index (χ1v) is 6.97. The van der Waals surface area contributed by atoms with Crippen LogP contribution in [0.2, 0.25) is 0 Å². The van der Waals surface area contributed by atoms with Gasteiger partial charge in [0.05, 0.1) is 0 Å². The normalized spacial score (nSPS) is 30.0. The molecule has 0 aliphatic carbocycles. The van der Waals surface area contributed by atoms with Gasteiger partial charge in [-0.2, -0.15) is 0 Å². The van der Waals surface area contributed by atoms with Gasteiger partial charge in [0.25, 0.3) is 0 Å². The lowest BCUT2D eigenvalue weighted by Crippen LogP contribution is -2.67. The van der Waals surface area contributed by atoms with E-state index in [0.29, 0.717) is 5.69 Å². The molecule has 0 atom stereocenters. The summed E-state index contributed by atoms with van der Waals surface area (Å²) >= 11 is 0. The van der Waals surface area contributed by atoms with Crippen LogP contribution in [0, 0.1) is 0 Å². The summed E-state index contributed by atoms with van der Waals surface area (Å²) in [4.78, 5) is 23.5. The molecule has 2 saturated heterocycles. The third kappa shape index (κ3) is 1.64. The summed E-state index contributed by atoms with van der Waals surface area (Å²) in [6.07, 6.45) is 0. The number of fused-ring (bicyclic) bond motifs is 1. The smallest absolute Gasteiger partial charge is 0.594 e. The van der Waals surface area contributed by atoms with Crippen LogP contribution in [-0.2, 0) is 18.9 Å². The summed E-state index contributed by atoms with van der Waals surface area (Å²) in [7, 11) is 1.75. The summed E-state index contributed by atoms with van der Waals surface area (Å²) < 4.78 is 16.2. The molecule has 0 spiro atoms. The van der Waals surface area contributed by atoms with E-state index in [1.807, 2.05) is 30.3 Å². The quantitative estimate of drug-likeness (QED) is 0.729. The van der Waals surface area contributed by atoms with Crippen LogP contribution in [0.15, 0.2) is 40.9 Å². The number of hydrogen-bond acceptors (Lipinski definition) is 6. The molecule has 2 aliphatic rings. The third-order valence-electron chi connectivity index (χ3n) is 4.34. The molecule has 112 valence electrons. The number of carbonyl (C=O) groups is 2. The van der Waals surface area contributed by atoms with Gasteiger partial charge in [0.1, 0.15) is 24.4 Å². The second kappa shape index (κ2) is 4.20. The molecule has 0 unspecified atom stereocenters. The second-order valence-corrected chi connectivity index (χ2v) is 5.93. The Balaban J connectivity index is 1.80. The standard InChI is InChI=1S/C14H13BN2O5/c1-17-8-13(18)20-15(17,21-14(19)9-17)12-7-11(16-22-12)10-5-3-2-4-6-10/h2-7H,8-9H2,1H3. The predicted octanol–water partition coefficient (Wildman–Crippen LogP) is 0.0477. The van der Waals surface area contributed by atoms with Crippen molar-refractivity contribution in [2.75, 3.05) is 20.1 Å². The second-order valence-electron chi connectivity index (χ2n) is 5.93. The van der Waals surface area contributed by atoms with E-state index in [4.69, 9.17) is 13.8 Å². The highest BCUT2D eigenvalue weighted by atomic mass is 16.7. The van der Waals surface area contributed by atoms with Gasteiger partial charge >= 0.3 is 18.6 Å². The van der Waals surface area contributed by atoms with Gasteiger partial charge < -0.3 is 18.2 Å². The highest BCUT2D eigenvalue weighted by Gasteiger charge is 2.68. The summed E-state index contributed by atoms with van der Waals surface area (Å²) in [5.74, 6) is -0.819. The molecule has 1 aromatic carbocycles. The predicted molar refractivity (Wildman–Crippen MR) is 75.4 cm³/mol. The van der Waals surface area contributed by atoms with Crippen LogP contribution in [0.5, 0.6) is 0 Å². The van der Waals surface area contributed by atoms with Crippen LogP contribution in [-0.4, -0.2) is 48.3 Å². The van der Waals surface area contributed by atoms with E-state index in [-0.39, 0.29) is 23.1 Å². The molecule has 4 rings (SSSR count). The van der Waals surface area contributed by atoms with Crippen molar-refractivity contribution >= 4 is 24.3 Å². The Morgan fingerprint density at radius 2 is 1.73 bits per heavy atom. The van der Waals surface area contributed by atoms with Gasteiger partial charge in [0.15, 0.2) is 0 Å². The molecule has 22 heavy (non-hydrogen) atoms. The van der Waals surface area contributed by atoms with Crippen LogP contribution in [0.1, 0.15) is 0 Å². The topological polar surface area (TPSA) is 78.6 Å². The number of benzene rings is 1. The molecule has 0 N–H and O–H groups in total. The van der Waals surface area contributed by atoms with Crippen molar-refractivity contribution in [3.05, 3.63) is 36.4 Å². The Morgan fingerprint density at radius 1 is 1.09 bits per heavy atom. The van der Waals surface area contributed by atoms with Crippen LogP contribution >= 0.6 is 0 Å². The Bertz CT molecular complexity index is 753. The minimum Gasteiger partial charge on any atom is -0.594 e. The lowest BCUT2D eigenvalue weighted by molar-refractivity contribution is -0.791. The van der Waals surface area contributed by atoms with Crippen LogP contribution < -0.4 is 5.66 Å². The van der Waals surface area contributed by atoms with E-state index in [9.17, 15) is 9.59 Å². The Morgan fingerprint density at radius 3 is 2.36 bits per heavy atom. The maximum Gasteiger partial charge on any atom is 0.651 e. The van der Waals surface area contributed by atoms with Crippen molar-refractivity contribution < 1.29 is 27.8 Å². The summed E-state index contributed by atoms with van der Waals surface area (Å²) in [5, 5.41) is 4.02. The Kier molecular flexibility index (Phi) is 2.50. The van der Waals surface area contributed by atoms with Crippen molar-refractivity contribution in [1.82, 2.24) is 5.16 Å². The Hall–Kier alpha value is -2.61. The maximum absolute atomic E-state index is 11.7. The number of likely N-dealkylation sites (N-methyl/N-ethyl adjacent to an activating group) is 1. The molecule has 0 saturated carbocycles. The highest BCUT2D eigenvalue weighted by Crippen LogP contribution is 2.34. The number of hydrogen-bond donors (Lipinski definition) is 0. The monoisotopic (exact) mass is 300 g/mol. The fraction of sp³-hybridized carbons (Fsp3) is 0.214. The average molecular weight is 300 g/mol. The first-order valence-electron chi connectivity index (χ1n) is 6.97. The lowest BCUT2D eigenvalue weighted by Gasteiger charge is -2.37. The number of nitrogens with zero attached hydrogens (tertiary/aromatic N) is 2. The van der Waals surface area contributed by atoms with Crippen molar-refractivity contribution in [3.63, 3.8) is 0 Å². The van der Waals surface area contributed by atoms with E-state index in [1.165, 1.54) is 0 Å². The molecular weight excluding hydrogens is 287 g/mol. The number of rotatable bonds is 2. The molecule has 8 heteroatoms. The van der Waals surface area contributed by atoms with Gasteiger partial charge in [-0.25, -0.2) is 0 Å². The van der Waals surface area contributed by atoms with E-state index >= 15 is 0 Å². The average Bonchev–Trinajstić information content (AvgIpc) is 3.09. The van der Waals surface area contributed by atoms with Gasteiger partial charge in [-0.1, -0.05) is 35.5 Å². The van der Waals surface area contributed by atoms with Gasteiger partial charge in [0, 0.05) is 12.6 Å². The van der Waals surface area contributed by atoms with Gasteiger partial charge in [-0.3, -0.25) is 9.59 Å². The van der Waals surface area contributed by atoms with Crippen LogP contribution in [0.25, 0.3) is 11.3 Å². The van der Waals surface area contributed by atoms with E-state index in [2.05, 4.69) is 5.16 Å². The van der Waals surface area contributed by atoms with E-state index < -0.39 is 18.6 Å². The molecule has 0 bridgehead atoms. The summed E-state index contributed by atoms with van der Waals surface area (Å²) in [6.45, 7) is -2.20. The third-order valence-corrected chi connectivity index (χ3v) is 4.34. The van der Waals surface area contributed by atoms with Gasteiger partial charge in [-0.05, 0) is 6.07 Å². The zero-order valence-corrected chi connectivity index (χ0v) is 11.9. The number of aromatic nitrogens is 1. The minimum absolute atomic E-state index is 0.0427. The zero-order chi connectivity index (χ0) is 15.4. The zero-order valence-electron chi connectivity index (χ0n) is 11.9. The van der Waals surface area contributed by atoms with E-state index in [1.54, 1.807) is 13.1 Å². The minimum atomic E-state index is -2.36. The summed E-state index contributed by atoms with van der Waals surface area (Å²) in [5.41, 5.74) is 1.75. The number of carbonyl (C=O) groups excluding carboxylic acids is 2. The molecule has 2 fully saturated rings. The lowest BCUT2D eigenvalue weighted by atomic mass is 9.65. The summed E-state index contributed by atoms with van der Waals surface area (Å²) in [6, 6.07) is 11.1. The largest absolute Gasteiger partial charge is 0.651 e. The molecule has 7 nitrogen and oxygen atoms in total. The molecule has 2 aliphatic heterocycles. The molecule has 3 heterocycles. The van der Waals surface area contributed by atoms with Gasteiger partial charge in [0.2, 0.25) is 0 Å². The SMILES string of the molecule is C[N+]12CC(=O)O[B-]1(c1cc(-c3ccccc3)no1)OC(=O)C2. The van der Waals surface area contributed by atoms with Crippen molar-refractivity contribution in [2.24, 2.45) is 0 Å². The highest BCUT2D eigenvalue weighted by molar-refractivity contribution is 6.78. The van der Waals surface area contributed by atoms with Crippen molar-refractivity contribution in [3.8, 4) is 11.3 Å². The molecule has 0 radical (unpaired) electrons. The molecule has 1 aromatic heterocycles. The molecule has 2 aromatic rings. The van der Waals surface area contributed by atoms with Gasteiger partial charge in [-0.15, -0.1) is 0 Å². The Labute approximate surface area is 126 Å². The van der Waals surface area contributed by atoms with Crippen molar-refractivity contribution in [2.45, 2.75) is 0 Å². The molecule has 0 amide bonds. The maximum atomic E-state index is 11.7. The first kappa shape index (κ1) is 13.1. The number of quaternary nitrogens is 1. The van der Waals surface area contributed by atoms with Crippen LogP contribution in [0.3, 0.4) is 0 Å². The molecular formula is C14H13BN2O5. The van der Waals surface area contributed by atoms with E-state index in [0.717, 1.165) is 5.56 Å².